The molecule has 27 heavy (non-hydrogen) atoms. The molecule has 3 unspecified atom stereocenters. The zero-order valence-corrected chi connectivity index (χ0v) is 16.4. The first kappa shape index (κ1) is 20.9. The van der Waals surface area contributed by atoms with Crippen molar-refractivity contribution < 1.29 is 9.59 Å². The predicted octanol–water partition coefficient (Wildman–Crippen LogP) is 3.30. The number of halogens is 1. The minimum atomic E-state index is -0.638. The molecule has 0 spiro atoms. The van der Waals surface area contributed by atoms with E-state index in [-0.39, 0.29) is 23.8 Å². The molecule has 144 valence electrons. The van der Waals surface area contributed by atoms with Crippen molar-refractivity contribution in [3.63, 3.8) is 0 Å². The quantitative estimate of drug-likeness (QED) is 0.649. The molecule has 0 bridgehead atoms. The number of hydrogen-bond donors (Lipinski definition) is 3. The molecule has 0 saturated carbocycles. The number of hydrogen-bond acceptors (Lipinski definition) is 3. The summed E-state index contributed by atoms with van der Waals surface area (Å²) in [7, 11) is 0. The first-order valence-electron chi connectivity index (χ1n) is 9.07. The summed E-state index contributed by atoms with van der Waals surface area (Å²) in [6, 6.07) is 15.2. The summed E-state index contributed by atoms with van der Waals surface area (Å²) in [5.74, 6) is -0.563. The molecule has 2 rings (SSSR count). The Bertz CT molecular complexity index is 750. The predicted molar refractivity (Wildman–Crippen MR) is 109 cm³/mol. The first-order chi connectivity index (χ1) is 12.9. The van der Waals surface area contributed by atoms with Crippen LogP contribution in [0.5, 0.6) is 0 Å². The maximum absolute atomic E-state index is 12.7. The molecule has 4 N–H and O–H groups in total. The molecule has 2 amide bonds. The van der Waals surface area contributed by atoms with E-state index < -0.39 is 6.04 Å². The van der Waals surface area contributed by atoms with Crippen LogP contribution in [-0.2, 0) is 4.79 Å². The maximum atomic E-state index is 12.7. The second kappa shape index (κ2) is 10.1. The highest BCUT2D eigenvalue weighted by atomic mass is 35.5. The second-order valence-corrected chi connectivity index (χ2v) is 7.04. The van der Waals surface area contributed by atoms with E-state index in [0.29, 0.717) is 17.1 Å². The van der Waals surface area contributed by atoms with E-state index in [1.165, 1.54) is 0 Å². The molecule has 0 aliphatic heterocycles. The Labute approximate surface area is 165 Å². The molecular formula is C21H26ClN3O2. The standard InChI is InChI=1S/C21H26ClN3O2/c1-3-14(2)19(25-20(26)16-9-11-17(22)12-10-16)21(27)24-13-18(23)15-7-5-4-6-8-15/h4-12,14,18-19H,3,13,23H2,1-2H3,(H,24,27)(H,25,26). The van der Waals surface area contributed by atoms with E-state index >= 15 is 0 Å². The van der Waals surface area contributed by atoms with E-state index in [9.17, 15) is 9.59 Å². The van der Waals surface area contributed by atoms with Gasteiger partial charge in [-0.05, 0) is 35.7 Å². The molecule has 5 nitrogen and oxygen atoms in total. The summed E-state index contributed by atoms with van der Waals surface area (Å²) in [6.07, 6.45) is 0.754. The second-order valence-electron chi connectivity index (χ2n) is 6.61. The van der Waals surface area contributed by atoms with Crippen molar-refractivity contribution in [2.24, 2.45) is 11.7 Å². The molecule has 2 aromatic carbocycles. The maximum Gasteiger partial charge on any atom is 0.251 e. The van der Waals surface area contributed by atoms with Crippen molar-refractivity contribution >= 4 is 23.4 Å². The number of nitrogens with two attached hydrogens (primary N) is 1. The van der Waals surface area contributed by atoms with Gasteiger partial charge in [0, 0.05) is 23.2 Å². The van der Waals surface area contributed by atoms with E-state index in [4.69, 9.17) is 17.3 Å². The third-order valence-corrected chi connectivity index (χ3v) is 4.86. The van der Waals surface area contributed by atoms with Crippen molar-refractivity contribution in [2.45, 2.75) is 32.4 Å². The van der Waals surface area contributed by atoms with Gasteiger partial charge in [-0.25, -0.2) is 0 Å². The Balaban J connectivity index is 2.01. The number of carbonyl (C=O) groups is 2. The molecule has 0 heterocycles. The zero-order chi connectivity index (χ0) is 19.8. The van der Waals surface area contributed by atoms with Crippen LogP contribution in [0, 0.1) is 5.92 Å². The fourth-order valence-corrected chi connectivity index (χ4v) is 2.79. The van der Waals surface area contributed by atoms with Gasteiger partial charge in [-0.15, -0.1) is 0 Å². The van der Waals surface area contributed by atoms with Crippen LogP contribution in [0.2, 0.25) is 5.02 Å². The smallest absolute Gasteiger partial charge is 0.251 e. The van der Waals surface area contributed by atoms with Crippen molar-refractivity contribution in [1.29, 1.82) is 0 Å². The lowest BCUT2D eigenvalue weighted by atomic mass is 9.97. The molecular weight excluding hydrogens is 362 g/mol. The monoisotopic (exact) mass is 387 g/mol. The molecule has 3 atom stereocenters. The highest BCUT2D eigenvalue weighted by Gasteiger charge is 2.26. The van der Waals surface area contributed by atoms with Gasteiger partial charge in [-0.2, -0.15) is 0 Å². The third-order valence-electron chi connectivity index (χ3n) is 4.61. The topological polar surface area (TPSA) is 84.2 Å². The van der Waals surface area contributed by atoms with Gasteiger partial charge in [0.25, 0.3) is 5.91 Å². The van der Waals surface area contributed by atoms with Crippen molar-refractivity contribution in [3.8, 4) is 0 Å². The Hall–Kier alpha value is -2.37. The van der Waals surface area contributed by atoms with Crippen LogP contribution in [0.4, 0.5) is 0 Å². The van der Waals surface area contributed by atoms with Gasteiger partial charge < -0.3 is 16.4 Å². The molecule has 0 aromatic heterocycles. The molecule has 2 aromatic rings. The molecule has 0 radical (unpaired) electrons. The van der Waals surface area contributed by atoms with Gasteiger partial charge in [-0.3, -0.25) is 9.59 Å². The summed E-state index contributed by atoms with van der Waals surface area (Å²) < 4.78 is 0. The average molecular weight is 388 g/mol. The zero-order valence-electron chi connectivity index (χ0n) is 15.6. The lowest BCUT2D eigenvalue weighted by Gasteiger charge is -2.24. The molecule has 0 aliphatic rings. The van der Waals surface area contributed by atoms with Crippen LogP contribution in [0.15, 0.2) is 54.6 Å². The minimum Gasteiger partial charge on any atom is -0.352 e. The normalized spacial score (nSPS) is 14.1. The SMILES string of the molecule is CCC(C)C(NC(=O)c1ccc(Cl)cc1)C(=O)NCC(N)c1ccccc1. The summed E-state index contributed by atoms with van der Waals surface area (Å²) in [5, 5.41) is 6.25. The van der Waals surface area contributed by atoms with Crippen LogP contribution < -0.4 is 16.4 Å². The van der Waals surface area contributed by atoms with Crippen LogP contribution in [0.3, 0.4) is 0 Å². The lowest BCUT2D eigenvalue weighted by molar-refractivity contribution is -0.124. The van der Waals surface area contributed by atoms with E-state index in [1.54, 1.807) is 24.3 Å². The number of rotatable bonds is 8. The van der Waals surface area contributed by atoms with Gasteiger partial charge in [-0.1, -0.05) is 62.2 Å². The van der Waals surface area contributed by atoms with Gasteiger partial charge in [0.15, 0.2) is 0 Å². The third kappa shape index (κ3) is 6.08. The molecule has 0 fully saturated rings. The van der Waals surface area contributed by atoms with E-state index in [0.717, 1.165) is 12.0 Å². The summed E-state index contributed by atoms with van der Waals surface area (Å²) in [6.45, 7) is 4.21. The molecule has 0 saturated heterocycles. The number of amides is 2. The summed E-state index contributed by atoms with van der Waals surface area (Å²) in [5.41, 5.74) is 7.55. The largest absolute Gasteiger partial charge is 0.352 e. The van der Waals surface area contributed by atoms with E-state index in [2.05, 4.69) is 10.6 Å². The molecule has 0 aliphatic carbocycles. The van der Waals surface area contributed by atoms with Crippen LogP contribution >= 0.6 is 11.6 Å². The van der Waals surface area contributed by atoms with Crippen molar-refractivity contribution in [2.75, 3.05) is 6.54 Å². The van der Waals surface area contributed by atoms with Gasteiger partial charge in [0.05, 0.1) is 0 Å². The van der Waals surface area contributed by atoms with Crippen molar-refractivity contribution in [1.82, 2.24) is 10.6 Å². The Morgan fingerprint density at radius 3 is 2.30 bits per heavy atom. The van der Waals surface area contributed by atoms with Gasteiger partial charge in [0.2, 0.25) is 5.91 Å². The van der Waals surface area contributed by atoms with E-state index in [1.807, 2.05) is 44.2 Å². The van der Waals surface area contributed by atoms with Crippen LogP contribution in [0.25, 0.3) is 0 Å². The first-order valence-corrected chi connectivity index (χ1v) is 9.44. The number of nitrogens with one attached hydrogen (secondary N) is 2. The molecule has 6 heteroatoms. The van der Waals surface area contributed by atoms with Crippen molar-refractivity contribution in [3.05, 3.63) is 70.7 Å². The van der Waals surface area contributed by atoms with Gasteiger partial charge in [0.1, 0.15) is 6.04 Å². The highest BCUT2D eigenvalue weighted by Crippen LogP contribution is 2.13. The Kier molecular flexibility index (Phi) is 7.82. The Morgan fingerprint density at radius 2 is 1.70 bits per heavy atom. The number of carbonyl (C=O) groups excluding carboxylic acids is 2. The van der Waals surface area contributed by atoms with Crippen LogP contribution in [0.1, 0.15) is 42.2 Å². The summed E-state index contributed by atoms with van der Waals surface area (Å²) in [4.78, 5) is 25.2. The summed E-state index contributed by atoms with van der Waals surface area (Å²) >= 11 is 5.86. The fourth-order valence-electron chi connectivity index (χ4n) is 2.67. The van der Waals surface area contributed by atoms with Crippen LogP contribution in [-0.4, -0.2) is 24.4 Å². The minimum absolute atomic E-state index is 0.0193. The Morgan fingerprint density at radius 1 is 1.07 bits per heavy atom. The highest BCUT2D eigenvalue weighted by molar-refractivity contribution is 6.30. The van der Waals surface area contributed by atoms with Gasteiger partial charge >= 0.3 is 0 Å². The fraction of sp³-hybridized carbons (Fsp3) is 0.333. The average Bonchev–Trinajstić information content (AvgIpc) is 2.70. The number of benzene rings is 2. The lowest BCUT2D eigenvalue weighted by Crippen LogP contribution is -2.51.